The van der Waals surface area contributed by atoms with Crippen LogP contribution < -0.4 is 5.32 Å². The Bertz CT molecular complexity index is 330. The Balaban J connectivity index is 4.51. The van der Waals surface area contributed by atoms with Gasteiger partial charge in [0.2, 0.25) is 5.91 Å². The van der Waals surface area contributed by atoms with Gasteiger partial charge in [-0.1, -0.05) is 13.8 Å². The van der Waals surface area contributed by atoms with Crippen molar-refractivity contribution in [3.63, 3.8) is 0 Å². The van der Waals surface area contributed by atoms with Crippen LogP contribution in [0.15, 0.2) is 0 Å². The number of hydrogen-bond acceptors (Lipinski definition) is 4. The van der Waals surface area contributed by atoms with Gasteiger partial charge in [0.25, 0.3) is 0 Å². The van der Waals surface area contributed by atoms with Gasteiger partial charge in [0, 0.05) is 5.92 Å². The van der Waals surface area contributed by atoms with Crippen LogP contribution in [0.25, 0.3) is 0 Å². The van der Waals surface area contributed by atoms with E-state index in [4.69, 9.17) is 9.84 Å². The highest BCUT2D eigenvalue weighted by Gasteiger charge is 2.27. The van der Waals surface area contributed by atoms with Crippen molar-refractivity contribution in [3.8, 4) is 0 Å². The van der Waals surface area contributed by atoms with Crippen molar-refractivity contribution in [3.05, 3.63) is 0 Å². The quantitative estimate of drug-likeness (QED) is 0.717. The van der Waals surface area contributed by atoms with Gasteiger partial charge in [-0.25, -0.2) is 4.79 Å². The number of carboxylic acid groups (broad SMARTS) is 1. The molecule has 6 nitrogen and oxygen atoms in total. The molecule has 1 atom stereocenters. The molecule has 6 heteroatoms. The van der Waals surface area contributed by atoms with Crippen molar-refractivity contribution < 1.29 is 24.2 Å². The molecule has 0 saturated carbocycles. The summed E-state index contributed by atoms with van der Waals surface area (Å²) in [5, 5.41) is 11.2. The molecule has 0 heterocycles. The first-order chi connectivity index (χ1) is 8.03. The van der Waals surface area contributed by atoms with Crippen LogP contribution in [0.3, 0.4) is 0 Å². The van der Waals surface area contributed by atoms with Crippen LogP contribution >= 0.6 is 0 Å². The highest BCUT2D eigenvalue weighted by Crippen LogP contribution is 2.09. The van der Waals surface area contributed by atoms with Gasteiger partial charge in [0.05, 0.1) is 6.42 Å². The van der Waals surface area contributed by atoms with Gasteiger partial charge in [0.1, 0.15) is 11.6 Å². The van der Waals surface area contributed by atoms with Crippen LogP contribution in [0.4, 0.5) is 0 Å². The van der Waals surface area contributed by atoms with Gasteiger partial charge in [-0.3, -0.25) is 9.59 Å². The zero-order chi connectivity index (χ0) is 14.5. The number of ether oxygens (including phenoxy) is 1. The maximum absolute atomic E-state index is 11.5. The van der Waals surface area contributed by atoms with E-state index in [0.717, 1.165) is 0 Å². The topological polar surface area (TPSA) is 92.7 Å². The van der Waals surface area contributed by atoms with Gasteiger partial charge in [-0.15, -0.1) is 0 Å². The first kappa shape index (κ1) is 16.4. The molecule has 0 bridgehead atoms. The molecule has 0 aliphatic rings. The van der Waals surface area contributed by atoms with Crippen molar-refractivity contribution in [1.82, 2.24) is 5.32 Å². The zero-order valence-electron chi connectivity index (χ0n) is 11.4. The summed E-state index contributed by atoms with van der Waals surface area (Å²) in [4.78, 5) is 33.8. The number of nitrogens with one attached hydrogen (secondary N) is 1. The first-order valence-corrected chi connectivity index (χ1v) is 5.78. The molecule has 104 valence electrons. The fourth-order valence-electron chi connectivity index (χ4n) is 1.09. The number of carboxylic acids is 1. The zero-order valence-corrected chi connectivity index (χ0v) is 11.4. The molecule has 0 radical (unpaired) electrons. The van der Waals surface area contributed by atoms with Crippen molar-refractivity contribution in [2.24, 2.45) is 5.92 Å². The molecule has 0 spiro atoms. The van der Waals surface area contributed by atoms with Crippen molar-refractivity contribution in [2.75, 3.05) is 0 Å². The highest BCUT2D eigenvalue weighted by atomic mass is 16.6. The van der Waals surface area contributed by atoms with Gasteiger partial charge >= 0.3 is 11.9 Å². The average molecular weight is 259 g/mol. The molecule has 2 N–H and O–H groups in total. The van der Waals surface area contributed by atoms with E-state index in [9.17, 15) is 14.4 Å². The predicted molar refractivity (Wildman–Crippen MR) is 64.9 cm³/mol. The molecular formula is C12H21NO5. The predicted octanol–water partition coefficient (Wildman–Crippen LogP) is 0.944. The van der Waals surface area contributed by atoms with Gasteiger partial charge < -0.3 is 15.2 Å². The molecule has 0 aromatic heterocycles. The number of rotatable bonds is 5. The first-order valence-electron chi connectivity index (χ1n) is 5.78. The monoisotopic (exact) mass is 259 g/mol. The summed E-state index contributed by atoms with van der Waals surface area (Å²) in [6.07, 6.45) is -0.384. The summed E-state index contributed by atoms with van der Waals surface area (Å²) in [7, 11) is 0. The number of carbonyl (C=O) groups excluding carboxylic acids is 2. The highest BCUT2D eigenvalue weighted by molar-refractivity contribution is 5.87. The second kappa shape index (κ2) is 6.37. The summed E-state index contributed by atoms with van der Waals surface area (Å²) in [5.74, 6) is -2.66. The van der Waals surface area contributed by atoms with Gasteiger partial charge in [0.15, 0.2) is 0 Å². The fraction of sp³-hybridized carbons (Fsp3) is 0.750. The van der Waals surface area contributed by atoms with E-state index in [0.29, 0.717) is 0 Å². The normalized spacial score (nSPS) is 13.0. The third-order valence-corrected chi connectivity index (χ3v) is 1.93. The lowest BCUT2D eigenvalue weighted by Gasteiger charge is -2.21. The Morgan fingerprint density at radius 1 is 1.22 bits per heavy atom. The Hall–Kier alpha value is -1.59. The lowest BCUT2D eigenvalue weighted by molar-refractivity contribution is -0.158. The van der Waals surface area contributed by atoms with Crippen molar-refractivity contribution >= 4 is 17.8 Å². The molecule has 1 amide bonds. The number of aliphatic carboxylic acids is 1. The van der Waals surface area contributed by atoms with E-state index >= 15 is 0 Å². The van der Waals surface area contributed by atoms with Crippen LogP contribution in [-0.2, 0) is 19.1 Å². The van der Waals surface area contributed by atoms with E-state index in [1.54, 1.807) is 34.6 Å². The molecule has 18 heavy (non-hydrogen) atoms. The minimum atomic E-state index is -1.25. The molecule has 0 aromatic carbocycles. The summed E-state index contributed by atoms with van der Waals surface area (Å²) in [6.45, 7) is 8.34. The van der Waals surface area contributed by atoms with Crippen molar-refractivity contribution in [1.29, 1.82) is 0 Å². The Kier molecular flexibility index (Phi) is 5.81. The standard InChI is InChI=1S/C12H21NO5/c1-7(2)10(15)13-8(11(16)17)6-9(14)18-12(3,4)5/h7-8H,6H2,1-5H3,(H,13,15)(H,16,17)/t8-/m0/s1. The molecule has 0 saturated heterocycles. The lowest BCUT2D eigenvalue weighted by Crippen LogP contribution is -2.44. The lowest BCUT2D eigenvalue weighted by atomic mass is 10.1. The van der Waals surface area contributed by atoms with E-state index in [1.165, 1.54) is 0 Å². The second-order valence-corrected chi connectivity index (χ2v) is 5.34. The number of hydrogen-bond donors (Lipinski definition) is 2. The van der Waals surface area contributed by atoms with Crippen LogP contribution in [0.2, 0.25) is 0 Å². The number of esters is 1. The molecule has 0 rings (SSSR count). The van der Waals surface area contributed by atoms with E-state index in [1.807, 2.05) is 0 Å². The molecule has 0 fully saturated rings. The molecule has 0 aliphatic heterocycles. The van der Waals surface area contributed by atoms with Crippen LogP contribution in [0.1, 0.15) is 41.0 Å². The summed E-state index contributed by atoms with van der Waals surface area (Å²) in [6, 6.07) is -1.25. The largest absolute Gasteiger partial charge is 0.480 e. The van der Waals surface area contributed by atoms with E-state index in [2.05, 4.69) is 5.32 Å². The maximum Gasteiger partial charge on any atom is 0.326 e. The third kappa shape index (κ3) is 6.88. The SMILES string of the molecule is CC(C)C(=O)N[C@@H](CC(=O)OC(C)(C)C)C(=O)O. The average Bonchev–Trinajstić information content (AvgIpc) is 2.12. The van der Waals surface area contributed by atoms with Gasteiger partial charge in [-0.05, 0) is 20.8 Å². The van der Waals surface area contributed by atoms with Crippen LogP contribution in [0.5, 0.6) is 0 Å². The summed E-state index contributed by atoms with van der Waals surface area (Å²) < 4.78 is 5.01. The maximum atomic E-state index is 11.5. The van der Waals surface area contributed by atoms with E-state index < -0.39 is 29.5 Å². The Labute approximate surface area is 107 Å². The summed E-state index contributed by atoms with van der Waals surface area (Å²) in [5.41, 5.74) is -0.678. The van der Waals surface area contributed by atoms with Crippen molar-refractivity contribution in [2.45, 2.75) is 52.7 Å². The van der Waals surface area contributed by atoms with Gasteiger partial charge in [-0.2, -0.15) is 0 Å². The Morgan fingerprint density at radius 2 is 1.72 bits per heavy atom. The number of amides is 1. The fourth-order valence-corrected chi connectivity index (χ4v) is 1.09. The minimum Gasteiger partial charge on any atom is -0.480 e. The molecule has 0 aromatic rings. The second-order valence-electron chi connectivity index (χ2n) is 5.34. The van der Waals surface area contributed by atoms with Crippen LogP contribution in [-0.4, -0.2) is 34.6 Å². The molecule has 0 unspecified atom stereocenters. The summed E-state index contributed by atoms with van der Waals surface area (Å²) >= 11 is 0. The molecular weight excluding hydrogens is 238 g/mol. The van der Waals surface area contributed by atoms with Crippen LogP contribution in [0, 0.1) is 5.92 Å². The van der Waals surface area contributed by atoms with E-state index in [-0.39, 0.29) is 12.3 Å². The number of carbonyl (C=O) groups is 3. The smallest absolute Gasteiger partial charge is 0.326 e. The molecule has 0 aliphatic carbocycles. The minimum absolute atomic E-state index is 0.342. The Morgan fingerprint density at radius 3 is 2.06 bits per heavy atom. The third-order valence-electron chi connectivity index (χ3n) is 1.93.